The van der Waals surface area contributed by atoms with Crippen LogP contribution in [0.5, 0.6) is 0 Å². The normalized spacial score (nSPS) is 12.0. The van der Waals surface area contributed by atoms with E-state index in [1.54, 1.807) is 0 Å². The van der Waals surface area contributed by atoms with E-state index in [-0.39, 0.29) is 5.91 Å². The van der Waals surface area contributed by atoms with Crippen LogP contribution in [0.1, 0.15) is 5.56 Å². The summed E-state index contributed by atoms with van der Waals surface area (Å²) in [5, 5.41) is 2.82. The molecule has 0 aliphatic heterocycles. The van der Waals surface area contributed by atoms with Gasteiger partial charge in [0.25, 0.3) is 5.91 Å². The molecule has 0 spiro atoms. The SMILES string of the molecule is Cc1cccc(NC(=O)C(I)=C(Br)I)c1. The lowest BCUT2D eigenvalue weighted by molar-refractivity contribution is -0.112. The molecule has 1 rings (SSSR count). The fourth-order valence-corrected chi connectivity index (χ4v) is 1.55. The molecular formula is C10H8BrI2NO. The van der Waals surface area contributed by atoms with Gasteiger partial charge < -0.3 is 5.32 Å². The Hall–Kier alpha value is 0.370. The van der Waals surface area contributed by atoms with Crippen molar-refractivity contribution in [3.05, 3.63) is 35.9 Å². The van der Waals surface area contributed by atoms with Gasteiger partial charge in [0.15, 0.2) is 0 Å². The summed E-state index contributed by atoms with van der Waals surface area (Å²) in [5.74, 6) is -0.0949. The first kappa shape index (κ1) is 13.4. The van der Waals surface area contributed by atoms with Crippen molar-refractivity contribution in [2.75, 3.05) is 5.32 Å². The Kier molecular flexibility index (Phi) is 5.54. The molecule has 0 heterocycles. The van der Waals surface area contributed by atoms with Crippen molar-refractivity contribution in [2.24, 2.45) is 0 Å². The molecule has 0 radical (unpaired) electrons. The van der Waals surface area contributed by atoms with Crippen molar-refractivity contribution in [1.29, 1.82) is 0 Å². The molecule has 0 aliphatic rings. The topological polar surface area (TPSA) is 29.1 Å². The van der Waals surface area contributed by atoms with E-state index in [0.29, 0.717) is 3.58 Å². The van der Waals surface area contributed by atoms with Gasteiger partial charge in [0.1, 0.15) is 0 Å². The quantitative estimate of drug-likeness (QED) is 0.483. The van der Waals surface area contributed by atoms with E-state index < -0.39 is 0 Å². The van der Waals surface area contributed by atoms with E-state index in [0.717, 1.165) is 13.7 Å². The van der Waals surface area contributed by atoms with Gasteiger partial charge in [-0.1, -0.05) is 12.1 Å². The van der Waals surface area contributed by atoms with Crippen LogP contribution in [0.15, 0.2) is 30.3 Å². The number of benzene rings is 1. The number of aryl methyl sites for hydroxylation is 1. The molecule has 80 valence electrons. The van der Waals surface area contributed by atoms with Gasteiger partial charge in [-0.2, -0.15) is 0 Å². The van der Waals surface area contributed by atoms with E-state index >= 15 is 0 Å². The smallest absolute Gasteiger partial charge is 0.263 e. The van der Waals surface area contributed by atoms with Crippen molar-refractivity contribution in [3.8, 4) is 0 Å². The van der Waals surface area contributed by atoms with Crippen LogP contribution in [-0.2, 0) is 4.79 Å². The van der Waals surface area contributed by atoms with E-state index in [2.05, 4.69) is 43.8 Å². The van der Waals surface area contributed by atoms with Crippen molar-refractivity contribution in [2.45, 2.75) is 6.92 Å². The highest BCUT2D eigenvalue weighted by Crippen LogP contribution is 2.25. The van der Waals surface area contributed by atoms with Gasteiger partial charge >= 0.3 is 0 Å². The molecule has 0 bridgehead atoms. The Bertz CT molecular complexity index is 414. The average Bonchev–Trinajstić information content (AvgIpc) is 2.16. The van der Waals surface area contributed by atoms with Gasteiger partial charge in [0, 0.05) is 5.69 Å². The highest BCUT2D eigenvalue weighted by Gasteiger charge is 2.09. The number of carbonyl (C=O) groups excluding carboxylic acids is 1. The Morgan fingerprint density at radius 1 is 1.40 bits per heavy atom. The summed E-state index contributed by atoms with van der Waals surface area (Å²) in [7, 11) is 0. The van der Waals surface area contributed by atoms with Crippen LogP contribution in [0, 0.1) is 6.92 Å². The van der Waals surface area contributed by atoms with Crippen LogP contribution >= 0.6 is 61.1 Å². The molecule has 0 aromatic heterocycles. The van der Waals surface area contributed by atoms with Gasteiger partial charge in [-0.3, -0.25) is 4.79 Å². The van der Waals surface area contributed by atoms with Crippen LogP contribution in [0.2, 0.25) is 0 Å². The van der Waals surface area contributed by atoms with Crippen molar-refractivity contribution >= 4 is 72.7 Å². The molecular weight excluding hydrogens is 484 g/mol. The first-order chi connectivity index (χ1) is 7.00. The third-order valence-electron chi connectivity index (χ3n) is 1.64. The number of halogens is 3. The van der Waals surface area contributed by atoms with Gasteiger partial charge in [0.2, 0.25) is 0 Å². The van der Waals surface area contributed by atoms with Crippen LogP contribution < -0.4 is 5.32 Å². The fraction of sp³-hybridized carbons (Fsp3) is 0.100. The van der Waals surface area contributed by atoms with Crippen molar-refractivity contribution in [3.63, 3.8) is 0 Å². The molecule has 2 nitrogen and oxygen atoms in total. The van der Waals surface area contributed by atoms with E-state index in [4.69, 9.17) is 0 Å². The van der Waals surface area contributed by atoms with E-state index in [9.17, 15) is 4.79 Å². The second-order valence-electron chi connectivity index (χ2n) is 2.90. The maximum absolute atomic E-state index is 11.7. The monoisotopic (exact) mass is 491 g/mol. The number of hydrogen-bond donors (Lipinski definition) is 1. The summed E-state index contributed by atoms with van der Waals surface area (Å²) in [6.45, 7) is 1.99. The second kappa shape index (κ2) is 6.19. The maximum atomic E-state index is 11.7. The lowest BCUT2D eigenvalue weighted by Crippen LogP contribution is -2.11. The number of amides is 1. The predicted octanol–water partition coefficient (Wildman–Crippen LogP) is 4.37. The summed E-state index contributed by atoms with van der Waals surface area (Å²) in [5.41, 5.74) is 1.94. The average molecular weight is 492 g/mol. The maximum Gasteiger partial charge on any atom is 0.263 e. The van der Waals surface area contributed by atoms with Gasteiger partial charge in [-0.15, -0.1) is 0 Å². The summed E-state index contributed by atoms with van der Waals surface area (Å²) >= 11 is 7.33. The molecule has 15 heavy (non-hydrogen) atoms. The van der Waals surface area contributed by atoms with Crippen LogP contribution in [-0.4, -0.2) is 5.91 Å². The molecule has 0 fully saturated rings. The van der Waals surface area contributed by atoms with E-state index in [1.165, 1.54) is 0 Å². The number of anilines is 1. The zero-order chi connectivity index (χ0) is 11.4. The zero-order valence-corrected chi connectivity index (χ0v) is 13.8. The highest BCUT2D eigenvalue weighted by atomic mass is 127. The van der Waals surface area contributed by atoms with Crippen molar-refractivity contribution in [1.82, 2.24) is 0 Å². The second-order valence-corrected chi connectivity index (χ2v) is 7.33. The molecule has 1 amide bonds. The summed E-state index contributed by atoms with van der Waals surface area (Å²) in [4.78, 5) is 11.7. The standard InChI is InChI=1S/C10H8BrI2NO/c1-6-3-2-4-7(5-6)14-10(15)8(12)9(11)13/h2-5H,1H3,(H,14,15). The molecule has 0 saturated carbocycles. The molecule has 1 aromatic rings. The van der Waals surface area contributed by atoms with Gasteiger partial charge in [0.05, 0.1) is 6.07 Å². The third-order valence-corrected chi connectivity index (χ3v) is 5.38. The lowest BCUT2D eigenvalue weighted by atomic mass is 10.2. The predicted molar refractivity (Wildman–Crippen MR) is 83.8 cm³/mol. The Morgan fingerprint density at radius 2 is 2.07 bits per heavy atom. The number of rotatable bonds is 2. The lowest BCUT2D eigenvalue weighted by Gasteiger charge is -2.05. The minimum Gasteiger partial charge on any atom is -0.322 e. The summed E-state index contributed by atoms with van der Waals surface area (Å²) < 4.78 is 1.46. The summed E-state index contributed by atoms with van der Waals surface area (Å²) in [6, 6.07) is 7.71. The highest BCUT2D eigenvalue weighted by molar-refractivity contribution is 14.1. The van der Waals surface area contributed by atoms with E-state index in [1.807, 2.05) is 53.8 Å². The molecule has 1 aromatic carbocycles. The minimum atomic E-state index is -0.0949. The molecule has 5 heteroatoms. The first-order valence-corrected chi connectivity index (χ1v) is 7.04. The fourth-order valence-electron chi connectivity index (χ4n) is 0.995. The number of nitrogens with one attached hydrogen (secondary N) is 1. The zero-order valence-electron chi connectivity index (χ0n) is 7.85. The largest absolute Gasteiger partial charge is 0.322 e. The van der Waals surface area contributed by atoms with Crippen LogP contribution in [0.4, 0.5) is 5.69 Å². The Balaban J connectivity index is 2.80. The van der Waals surface area contributed by atoms with Crippen LogP contribution in [0.3, 0.4) is 0 Å². The van der Waals surface area contributed by atoms with Crippen molar-refractivity contribution < 1.29 is 4.79 Å². The van der Waals surface area contributed by atoms with Crippen LogP contribution in [0.25, 0.3) is 0 Å². The summed E-state index contributed by atoms with van der Waals surface area (Å²) in [6.07, 6.45) is 0. The molecule has 0 aliphatic carbocycles. The third kappa shape index (κ3) is 4.39. The first-order valence-electron chi connectivity index (χ1n) is 4.09. The number of hydrogen-bond acceptors (Lipinski definition) is 1. The Labute approximate surface area is 124 Å². The minimum absolute atomic E-state index is 0.0949. The molecule has 1 N–H and O–H groups in total. The molecule has 0 saturated heterocycles. The van der Waals surface area contributed by atoms with Gasteiger partial charge in [-0.05, 0) is 85.7 Å². The molecule has 0 unspecified atom stereocenters. The molecule has 0 atom stereocenters. The number of carbonyl (C=O) groups is 1. The Morgan fingerprint density at radius 3 is 2.60 bits per heavy atom. The van der Waals surface area contributed by atoms with Gasteiger partial charge in [-0.25, -0.2) is 0 Å².